The normalized spacial score (nSPS) is 10.8. The zero-order chi connectivity index (χ0) is 18.4. The minimum atomic E-state index is -0.614. The molecule has 1 heterocycles. The highest BCUT2D eigenvalue weighted by Crippen LogP contribution is 2.32. The van der Waals surface area contributed by atoms with Crippen molar-refractivity contribution < 1.29 is 14.3 Å². The highest BCUT2D eigenvalue weighted by atomic mass is 16.5. The lowest BCUT2D eigenvalue weighted by atomic mass is 9.92. The number of esters is 1. The Morgan fingerprint density at radius 2 is 1.64 bits per heavy atom. The van der Waals surface area contributed by atoms with E-state index in [1.54, 1.807) is 18.2 Å². The van der Waals surface area contributed by atoms with Gasteiger partial charge in [-0.2, -0.15) is 0 Å². The van der Waals surface area contributed by atoms with Crippen molar-refractivity contribution in [2.24, 2.45) is 0 Å². The predicted molar refractivity (Wildman–Crippen MR) is 97.8 cm³/mol. The zero-order valence-electron chi connectivity index (χ0n) is 15.1. The summed E-state index contributed by atoms with van der Waals surface area (Å²) in [6.07, 6.45) is 1.50. The summed E-state index contributed by atoms with van der Waals surface area (Å²) in [6, 6.07) is 11.0. The number of amides is 1. The predicted octanol–water partition coefficient (Wildman–Crippen LogP) is 4.12. The van der Waals surface area contributed by atoms with E-state index in [2.05, 4.69) is 38.0 Å². The van der Waals surface area contributed by atoms with E-state index in [4.69, 9.17) is 4.74 Å². The van der Waals surface area contributed by atoms with Crippen molar-refractivity contribution in [2.75, 3.05) is 11.9 Å². The van der Waals surface area contributed by atoms with Crippen molar-refractivity contribution in [3.63, 3.8) is 0 Å². The van der Waals surface area contributed by atoms with Gasteiger partial charge in [-0.1, -0.05) is 52.0 Å². The summed E-state index contributed by atoms with van der Waals surface area (Å²) in [6.45, 7) is 7.97. The largest absolute Gasteiger partial charge is 0.451 e. The van der Waals surface area contributed by atoms with E-state index in [9.17, 15) is 9.59 Å². The van der Waals surface area contributed by atoms with Crippen molar-refractivity contribution in [2.45, 2.75) is 39.5 Å². The average Bonchev–Trinajstić information content (AvgIpc) is 2.60. The molecule has 5 nitrogen and oxygen atoms in total. The number of hydrogen-bond donors (Lipinski definition) is 1. The molecule has 1 aromatic heterocycles. The van der Waals surface area contributed by atoms with Crippen LogP contribution in [0.1, 0.15) is 61.1 Å². The number of hydrogen-bond acceptors (Lipinski definition) is 4. The number of anilines is 1. The van der Waals surface area contributed by atoms with Crippen molar-refractivity contribution >= 4 is 17.6 Å². The topological polar surface area (TPSA) is 68.3 Å². The fraction of sp³-hybridized carbons (Fsp3) is 0.350. The Balaban J connectivity index is 2.09. The molecule has 5 heteroatoms. The molecule has 0 unspecified atom stereocenters. The maximum atomic E-state index is 12.3. The number of ether oxygens (including phenoxy) is 1. The zero-order valence-corrected chi connectivity index (χ0v) is 15.1. The third kappa shape index (κ3) is 4.89. The van der Waals surface area contributed by atoms with Crippen LogP contribution in [-0.4, -0.2) is 23.5 Å². The molecule has 0 fully saturated rings. The third-order valence-corrected chi connectivity index (χ3v) is 3.85. The lowest BCUT2D eigenvalue weighted by Gasteiger charge is -2.20. The molecular weight excluding hydrogens is 316 g/mol. The second kappa shape index (κ2) is 8.42. The first-order chi connectivity index (χ1) is 11.9. The summed E-state index contributed by atoms with van der Waals surface area (Å²) in [5.41, 5.74) is 3.12. The second-order valence-electron chi connectivity index (χ2n) is 6.46. The first-order valence-corrected chi connectivity index (χ1v) is 8.41. The van der Waals surface area contributed by atoms with E-state index in [1.807, 2.05) is 18.2 Å². The molecule has 0 saturated carbocycles. The number of nitrogens with one attached hydrogen (secondary N) is 1. The van der Waals surface area contributed by atoms with Crippen LogP contribution in [0.4, 0.5) is 5.69 Å². The Kier molecular flexibility index (Phi) is 6.28. The van der Waals surface area contributed by atoms with Gasteiger partial charge >= 0.3 is 5.97 Å². The van der Waals surface area contributed by atoms with Crippen molar-refractivity contribution in [1.29, 1.82) is 0 Å². The number of pyridine rings is 1. The Morgan fingerprint density at radius 3 is 2.16 bits per heavy atom. The van der Waals surface area contributed by atoms with Gasteiger partial charge in [0.2, 0.25) is 0 Å². The molecule has 0 saturated heterocycles. The molecule has 0 bridgehead atoms. The highest BCUT2D eigenvalue weighted by molar-refractivity contribution is 5.96. The number of carbonyl (C=O) groups excluding carboxylic acids is 2. The van der Waals surface area contributed by atoms with Crippen molar-refractivity contribution in [3.8, 4) is 0 Å². The van der Waals surface area contributed by atoms with E-state index >= 15 is 0 Å². The monoisotopic (exact) mass is 340 g/mol. The minimum absolute atomic E-state index is 0.181. The van der Waals surface area contributed by atoms with Gasteiger partial charge in [0.05, 0.1) is 0 Å². The second-order valence-corrected chi connectivity index (χ2v) is 6.46. The Labute approximate surface area is 148 Å². The van der Waals surface area contributed by atoms with Gasteiger partial charge in [0.15, 0.2) is 6.61 Å². The molecule has 0 atom stereocenters. The molecule has 132 valence electrons. The molecule has 1 amide bonds. The van der Waals surface area contributed by atoms with Gasteiger partial charge in [-0.25, -0.2) is 9.78 Å². The molecule has 2 aromatic rings. The van der Waals surface area contributed by atoms with E-state index in [-0.39, 0.29) is 30.0 Å². The molecule has 1 N–H and O–H groups in total. The van der Waals surface area contributed by atoms with Gasteiger partial charge < -0.3 is 10.1 Å². The first-order valence-electron chi connectivity index (χ1n) is 8.41. The van der Waals surface area contributed by atoms with Crippen LogP contribution in [-0.2, 0) is 9.53 Å². The van der Waals surface area contributed by atoms with E-state index in [0.29, 0.717) is 0 Å². The molecule has 2 rings (SSSR count). The number of para-hydroxylation sites is 1. The standard InChI is InChI=1S/C20H24N2O3/c1-13(2)15-8-7-9-16(14(3)4)19(15)22-18(23)12-25-20(24)17-10-5-6-11-21-17/h5-11,13-14H,12H2,1-4H3,(H,22,23). The number of benzene rings is 1. The minimum Gasteiger partial charge on any atom is -0.451 e. The molecule has 0 aliphatic carbocycles. The molecule has 25 heavy (non-hydrogen) atoms. The summed E-state index contributed by atoms with van der Waals surface area (Å²) in [5.74, 6) is -0.439. The van der Waals surface area contributed by atoms with E-state index < -0.39 is 5.97 Å². The molecule has 1 aromatic carbocycles. The lowest BCUT2D eigenvalue weighted by molar-refractivity contribution is -0.119. The third-order valence-electron chi connectivity index (χ3n) is 3.85. The summed E-state index contributed by atoms with van der Waals surface area (Å²) < 4.78 is 5.05. The van der Waals surface area contributed by atoms with Crippen LogP contribution in [0.5, 0.6) is 0 Å². The van der Waals surface area contributed by atoms with Crippen LogP contribution < -0.4 is 5.32 Å². The fourth-order valence-corrected chi connectivity index (χ4v) is 2.56. The van der Waals surface area contributed by atoms with E-state index in [1.165, 1.54) is 6.20 Å². The van der Waals surface area contributed by atoms with Crippen LogP contribution in [0.3, 0.4) is 0 Å². The van der Waals surface area contributed by atoms with Gasteiger partial charge in [-0.3, -0.25) is 4.79 Å². The number of nitrogens with zero attached hydrogens (tertiary/aromatic N) is 1. The Bertz CT molecular complexity index is 714. The number of carbonyl (C=O) groups is 2. The average molecular weight is 340 g/mol. The molecule has 0 aliphatic rings. The maximum Gasteiger partial charge on any atom is 0.357 e. The van der Waals surface area contributed by atoms with Crippen LogP contribution in [0.25, 0.3) is 0 Å². The summed E-state index contributed by atoms with van der Waals surface area (Å²) in [7, 11) is 0. The molecule has 0 aliphatic heterocycles. The summed E-state index contributed by atoms with van der Waals surface area (Å²) in [4.78, 5) is 28.1. The van der Waals surface area contributed by atoms with Crippen LogP contribution >= 0.6 is 0 Å². The quantitative estimate of drug-likeness (QED) is 0.803. The van der Waals surface area contributed by atoms with Crippen LogP contribution in [0, 0.1) is 0 Å². The van der Waals surface area contributed by atoms with Gasteiger partial charge in [-0.15, -0.1) is 0 Å². The molecule has 0 radical (unpaired) electrons. The smallest absolute Gasteiger partial charge is 0.357 e. The molecule has 0 spiro atoms. The van der Waals surface area contributed by atoms with Crippen molar-refractivity contribution in [1.82, 2.24) is 4.98 Å². The molecular formula is C20H24N2O3. The fourth-order valence-electron chi connectivity index (χ4n) is 2.56. The Morgan fingerprint density at radius 1 is 1.00 bits per heavy atom. The lowest BCUT2D eigenvalue weighted by Crippen LogP contribution is -2.23. The van der Waals surface area contributed by atoms with E-state index in [0.717, 1.165) is 16.8 Å². The Hall–Kier alpha value is -2.69. The highest BCUT2D eigenvalue weighted by Gasteiger charge is 2.17. The van der Waals surface area contributed by atoms with Gasteiger partial charge in [0.1, 0.15) is 5.69 Å². The van der Waals surface area contributed by atoms with Gasteiger partial charge in [0, 0.05) is 11.9 Å². The van der Waals surface area contributed by atoms with Crippen LogP contribution in [0.15, 0.2) is 42.6 Å². The summed E-state index contributed by atoms with van der Waals surface area (Å²) in [5, 5.41) is 2.91. The number of rotatable bonds is 6. The summed E-state index contributed by atoms with van der Waals surface area (Å²) >= 11 is 0. The van der Waals surface area contributed by atoms with Gasteiger partial charge in [-0.05, 0) is 35.1 Å². The van der Waals surface area contributed by atoms with Crippen molar-refractivity contribution in [3.05, 3.63) is 59.4 Å². The number of aromatic nitrogens is 1. The van der Waals surface area contributed by atoms with Crippen LogP contribution in [0.2, 0.25) is 0 Å². The maximum absolute atomic E-state index is 12.3. The first kappa shape index (κ1) is 18.6. The van der Waals surface area contributed by atoms with Gasteiger partial charge in [0.25, 0.3) is 5.91 Å². The SMILES string of the molecule is CC(C)c1cccc(C(C)C)c1NC(=O)COC(=O)c1ccccn1.